The summed E-state index contributed by atoms with van der Waals surface area (Å²) in [5.41, 5.74) is 0. The molecular formula is C5H16OSi2. The van der Waals surface area contributed by atoms with Crippen LogP contribution in [0.3, 0.4) is 0 Å². The van der Waals surface area contributed by atoms with Gasteiger partial charge in [-0.25, -0.2) is 0 Å². The van der Waals surface area contributed by atoms with Crippen molar-refractivity contribution >= 4 is 18.8 Å². The van der Waals surface area contributed by atoms with Crippen LogP contribution in [0, 0.1) is 0 Å². The standard InChI is InChI=1S/C5H16OSi2/c1-4-5-8(2,3)6-7/h4-5H2,1-3,7H3. The minimum absolute atomic E-state index is 0.923. The summed E-state index contributed by atoms with van der Waals surface area (Å²) < 4.78 is 5.46. The average Bonchev–Trinajstić information content (AvgIpc) is 1.67. The van der Waals surface area contributed by atoms with Crippen molar-refractivity contribution < 1.29 is 4.12 Å². The van der Waals surface area contributed by atoms with E-state index in [1.165, 1.54) is 12.5 Å². The smallest absolute Gasteiger partial charge is 0.172 e. The molecule has 0 saturated carbocycles. The third kappa shape index (κ3) is 3.40. The van der Waals surface area contributed by atoms with Crippen LogP contribution in [0.2, 0.25) is 19.1 Å². The van der Waals surface area contributed by atoms with Crippen LogP contribution in [0.4, 0.5) is 0 Å². The van der Waals surface area contributed by atoms with Gasteiger partial charge >= 0.3 is 0 Å². The molecule has 0 unspecified atom stereocenters. The Morgan fingerprint density at radius 1 is 1.50 bits per heavy atom. The van der Waals surface area contributed by atoms with Crippen LogP contribution < -0.4 is 0 Å². The molecule has 8 heavy (non-hydrogen) atoms. The van der Waals surface area contributed by atoms with Crippen LogP contribution in [0.25, 0.3) is 0 Å². The zero-order valence-electron chi connectivity index (χ0n) is 6.32. The molecule has 3 heteroatoms. The first-order valence-corrected chi connectivity index (χ1v) is 7.10. The van der Waals surface area contributed by atoms with Gasteiger partial charge in [-0.15, -0.1) is 0 Å². The van der Waals surface area contributed by atoms with Gasteiger partial charge in [-0.2, -0.15) is 0 Å². The predicted octanol–water partition coefficient (Wildman–Crippen LogP) is 0.898. The highest BCUT2D eigenvalue weighted by Gasteiger charge is 2.16. The van der Waals surface area contributed by atoms with Gasteiger partial charge in [-0.3, -0.25) is 0 Å². The summed E-state index contributed by atoms with van der Waals surface area (Å²) in [5, 5.41) is 0. The van der Waals surface area contributed by atoms with Gasteiger partial charge in [-0.05, 0) is 19.1 Å². The molecule has 0 saturated heterocycles. The second kappa shape index (κ2) is 3.43. The second-order valence-electron chi connectivity index (χ2n) is 2.71. The third-order valence-corrected chi connectivity index (χ3v) is 7.53. The molecule has 0 N–H and O–H groups in total. The zero-order chi connectivity index (χ0) is 6.62. The highest BCUT2D eigenvalue weighted by Crippen LogP contribution is 2.10. The molecule has 0 atom stereocenters. The monoisotopic (exact) mass is 148 g/mol. The molecule has 0 aromatic heterocycles. The fourth-order valence-electron chi connectivity index (χ4n) is 0.704. The fourth-order valence-corrected chi connectivity index (χ4v) is 2.72. The molecule has 0 aliphatic heterocycles. The SMILES string of the molecule is CCC[Si](C)(C)O[SiH3]. The summed E-state index contributed by atoms with van der Waals surface area (Å²) in [7, 11) is -0.192. The van der Waals surface area contributed by atoms with E-state index in [1.54, 1.807) is 0 Å². The van der Waals surface area contributed by atoms with Crippen molar-refractivity contribution in [2.45, 2.75) is 32.5 Å². The van der Waals surface area contributed by atoms with Crippen molar-refractivity contribution in [2.75, 3.05) is 0 Å². The molecule has 0 aliphatic carbocycles. The zero-order valence-corrected chi connectivity index (χ0v) is 9.32. The largest absolute Gasteiger partial charge is 0.463 e. The third-order valence-electron chi connectivity index (χ3n) is 1.40. The fraction of sp³-hybridized carbons (Fsp3) is 1.00. The van der Waals surface area contributed by atoms with Gasteiger partial charge in [0.2, 0.25) is 0 Å². The summed E-state index contributed by atoms with van der Waals surface area (Å²) in [6.07, 6.45) is 1.28. The van der Waals surface area contributed by atoms with Crippen molar-refractivity contribution in [1.29, 1.82) is 0 Å². The van der Waals surface area contributed by atoms with E-state index in [0.29, 0.717) is 0 Å². The quantitative estimate of drug-likeness (QED) is 0.540. The molecule has 0 bridgehead atoms. The highest BCUT2D eigenvalue weighted by molar-refractivity contribution is 6.73. The first-order valence-electron chi connectivity index (χ1n) is 3.17. The van der Waals surface area contributed by atoms with Crippen molar-refractivity contribution in [3.05, 3.63) is 0 Å². The molecule has 1 nitrogen and oxygen atoms in total. The Morgan fingerprint density at radius 2 is 2.00 bits per heavy atom. The lowest BCUT2D eigenvalue weighted by Gasteiger charge is -2.18. The van der Waals surface area contributed by atoms with E-state index in [2.05, 4.69) is 20.0 Å². The summed E-state index contributed by atoms with van der Waals surface area (Å²) in [6, 6.07) is 1.32. The van der Waals surface area contributed by atoms with Crippen LogP contribution in [-0.4, -0.2) is 18.8 Å². The normalized spacial score (nSPS) is 12.4. The van der Waals surface area contributed by atoms with Gasteiger partial charge in [0, 0.05) is 0 Å². The molecule has 0 heterocycles. The summed E-state index contributed by atoms with van der Waals surface area (Å²) in [4.78, 5) is 0. The molecule has 50 valence electrons. The van der Waals surface area contributed by atoms with Crippen LogP contribution >= 0.6 is 0 Å². The Hall–Kier alpha value is 0.394. The van der Waals surface area contributed by atoms with Crippen molar-refractivity contribution in [2.24, 2.45) is 0 Å². The van der Waals surface area contributed by atoms with E-state index in [-0.39, 0.29) is 0 Å². The van der Waals surface area contributed by atoms with Crippen molar-refractivity contribution in [1.82, 2.24) is 0 Å². The van der Waals surface area contributed by atoms with Gasteiger partial charge in [0.05, 0.1) is 0 Å². The van der Waals surface area contributed by atoms with E-state index in [4.69, 9.17) is 4.12 Å². The number of hydrogen-bond acceptors (Lipinski definition) is 1. The van der Waals surface area contributed by atoms with Crippen LogP contribution in [0.15, 0.2) is 0 Å². The minimum atomic E-state index is -1.12. The van der Waals surface area contributed by atoms with Crippen molar-refractivity contribution in [3.63, 3.8) is 0 Å². The van der Waals surface area contributed by atoms with Gasteiger partial charge in [0.25, 0.3) is 0 Å². The van der Waals surface area contributed by atoms with Crippen molar-refractivity contribution in [3.8, 4) is 0 Å². The maximum absolute atomic E-state index is 5.46. The Morgan fingerprint density at radius 3 is 2.12 bits per heavy atom. The van der Waals surface area contributed by atoms with Gasteiger partial charge in [0.15, 0.2) is 8.32 Å². The number of hydrogen-bond donors (Lipinski definition) is 0. The topological polar surface area (TPSA) is 9.23 Å². The van der Waals surface area contributed by atoms with Crippen LogP contribution in [0.5, 0.6) is 0 Å². The Kier molecular flexibility index (Phi) is 3.59. The summed E-state index contributed by atoms with van der Waals surface area (Å²) in [5.74, 6) is 0. The molecule has 0 aliphatic rings. The van der Waals surface area contributed by atoms with E-state index in [0.717, 1.165) is 10.5 Å². The lowest BCUT2D eigenvalue weighted by molar-refractivity contribution is 0.603. The minimum Gasteiger partial charge on any atom is -0.463 e. The molecule has 0 fully saturated rings. The Labute approximate surface area is 56.1 Å². The summed E-state index contributed by atoms with van der Waals surface area (Å²) >= 11 is 0. The van der Waals surface area contributed by atoms with E-state index in [1.807, 2.05) is 0 Å². The Bertz CT molecular complexity index is 63.4. The van der Waals surface area contributed by atoms with Crippen LogP contribution in [-0.2, 0) is 4.12 Å². The molecule has 0 radical (unpaired) electrons. The van der Waals surface area contributed by atoms with Crippen LogP contribution in [0.1, 0.15) is 13.3 Å². The first kappa shape index (κ1) is 8.39. The van der Waals surface area contributed by atoms with E-state index < -0.39 is 8.32 Å². The lowest BCUT2D eigenvalue weighted by atomic mass is 10.6. The molecule has 0 aromatic rings. The van der Waals surface area contributed by atoms with Gasteiger partial charge in [0.1, 0.15) is 10.5 Å². The average molecular weight is 148 g/mol. The predicted molar refractivity (Wildman–Crippen MR) is 43.6 cm³/mol. The molecular weight excluding hydrogens is 132 g/mol. The molecule has 0 spiro atoms. The maximum Gasteiger partial charge on any atom is 0.172 e. The number of rotatable bonds is 3. The molecule has 0 aromatic carbocycles. The Balaban J connectivity index is 3.37. The first-order chi connectivity index (χ1) is 3.62. The highest BCUT2D eigenvalue weighted by atomic mass is 28.4. The lowest BCUT2D eigenvalue weighted by Crippen LogP contribution is -2.28. The van der Waals surface area contributed by atoms with E-state index >= 15 is 0 Å². The van der Waals surface area contributed by atoms with Gasteiger partial charge in [-0.1, -0.05) is 13.3 Å². The molecule has 0 rings (SSSR count). The molecule has 0 amide bonds. The summed E-state index contributed by atoms with van der Waals surface area (Å²) in [6.45, 7) is 6.78. The van der Waals surface area contributed by atoms with Gasteiger partial charge < -0.3 is 4.12 Å². The maximum atomic E-state index is 5.46. The van der Waals surface area contributed by atoms with E-state index in [9.17, 15) is 0 Å². The second-order valence-corrected chi connectivity index (χ2v) is 8.37.